The van der Waals surface area contributed by atoms with Crippen molar-refractivity contribution in [2.75, 3.05) is 37.6 Å². The molecule has 3 rings (SSSR count). The van der Waals surface area contributed by atoms with Crippen LogP contribution in [-0.4, -0.2) is 43.5 Å². The van der Waals surface area contributed by atoms with E-state index in [0.717, 1.165) is 18.8 Å². The second-order valence-electron chi connectivity index (χ2n) is 6.80. The number of piperazine rings is 1. The highest BCUT2D eigenvalue weighted by Crippen LogP contribution is 2.18. The number of amides is 1. The van der Waals surface area contributed by atoms with Crippen molar-refractivity contribution >= 4 is 11.6 Å². The SMILES string of the molecule is Cc1ccccc1C(C)NCC(=O)N1CCN(c2ccc(F)cc2)CC1. The normalized spacial score (nSPS) is 15.8. The molecule has 2 aromatic rings. The van der Waals surface area contributed by atoms with Crippen LogP contribution in [0.2, 0.25) is 0 Å². The number of anilines is 1. The van der Waals surface area contributed by atoms with Gasteiger partial charge in [-0.3, -0.25) is 4.79 Å². The molecule has 0 aliphatic carbocycles. The van der Waals surface area contributed by atoms with E-state index < -0.39 is 0 Å². The van der Waals surface area contributed by atoms with Gasteiger partial charge in [0.05, 0.1) is 6.54 Å². The summed E-state index contributed by atoms with van der Waals surface area (Å²) in [6.45, 7) is 7.43. The molecule has 138 valence electrons. The van der Waals surface area contributed by atoms with Gasteiger partial charge >= 0.3 is 0 Å². The van der Waals surface area contributed by atoms with Gasteiger partial charge in [-0.15, -0.1) is 0 Å². The molecule has 1 amide bonds. The molecule has 1 heterocycles. The number of hydrogen-bond acceptors (Lipinski definition) is 3. The van der Waals surface area contributed by atoms with Gasteiger partial charge in [-0.1, -0.05) is 24.3 Å². The molecule has 26 heavy (non-hydrogen) atoms. The lowest BCUT2D eigenvalue weighted by Crippen LogP contribution is -2.51. The van der Waals surface area contributed by atoms with Gasteiger partial charge in [0.25, 0.3) is 0 Å². The molecular formula is C21H26FN3O. The third kappa shape index (κ3) is 4.41. The molecule has 1 saturated heterocycles. The minimum atomic E-state index is -0.226. The van der Waals surface area contributed by atoms with E-state index in [4.69, 9.17) is 0 Å². The van der Waals surface area contributed by atoms with E-state index in [2.05, 4.69) is 36.2 Å². The van der Waals surface area contributed by atoms with Crippen molar-refractivity contribution in [3.63, 3.8) is 0 Å². The molecule has 5 heteroatoms. The van der Waals surface area contributed by atoms with Crippen LogP contribution in [0.5, 0.6) is 0 Å². The van der Waals surface area contributed by atoms with Gasteiger partial charge in [-0.2, -0.15) is 0 Å². The van der Waals surface area contributed by atoms with Gasteiger partial charge in [0, 0.05) is 37.9 Å². The minimum Gasteiger partial charge on any atom is -0.368 e. The Morgan fingerprint density at radius 2 is 1.73 bits per heavy atom. The second kappa shape index (κ2) is 8.32. The molecule has 0 aromatic heterocycles. The molecule has 1 atom stereocenters. The predicted octanol–water partition coefficient (Wildman–Crippen LogP) is 3.13. The summed E-state index contributed by atoms with van der Waals surface area (Å²) in [5.41, 5.74) is 3.46. The molecular weight excluding hydrogens is 329 g/mol. The average Bonchev–Trinajstić information content (AvgIpc) is 2.67. The first-order chi connectivity index (χ1) is 12.5. The number of hydrogen-bond donors (Lipinski definition) is 1. The zero-order valence-corrected chi connectivity index (χ0v) is 15.4. The molecule has 0 spiro atoms. The Hall–Kier alpha value is -2.40. The molecule has 2 aromatic carbocycles. The zero-order valence-electron chi connectivity index (χ0n) is 15.4. The van der Waals surface area contributed by atoms with E-state index in [0.29, 0.717) is 19.6 Å². The number of halogens is 1. The van der Waals surface area contributed by atoms with E-state index in [1.54, 1.807) is 12.1 Å². The molecule has 1 unspecified atom stereocenters. The van der Waals surface area contributed by atoms with Crippen LogP contribution in [0.4, 0.5) is 10.1 Å². The second-order valence-corrected chi connectivity index (χ2v) is 6.80. The van der Waals surface area contributed by atoms with Crippen LogP contribution in [0, 0.1) is 12.7 Å². The van der Waals surface area contributed by atoms with Gasteiger partial charge < -0.3 is 15.1 Å². The van der Waals surface area contributed by atoms with E-state index in [1.807, 2.05) is 17.0 Å². The first-order valence-electron chi connectivity index (χ1n) is 9.12. The minimum absolute atomic E-state index is 0.129. The first-order valence-corrected chi connectivity index (χ1v) is 9.12. The number of nitrogens with zero attached hydrogens (tertiary/aromatic N) is 2. The zero-order chi connectivity index (χ0) is 18.5. The van der Waals surface area contributed by atoms with Crippen molar-refractivity contribution in [3.05, 3.63) is 65.5 Å². The lowest BCUT2D eigenvalue weighted by Gasteiger charge is -2.36. The number of carbonyl (C=O) groups excluding carboxylic acids is 1. The maximum Gasteiger partial charge on any atom is 0.236 e. The monoisotopic (exact) mass is 355 g/mol. The standard InChI is InChI=1S/C21H26FN3O/c1-16-5-3-4-6-20(16)17(2)23-15-21(26)25-13-11-24(12-14-25)19-9-7-18(22)8-10-19/h3-10,17,23H,11-15H2,1-2H3. The molecule has 1 fully saturated rings. The fourth-order valence-corrected chi connectivity index (χ4v) is 3.40. The fourth-order valence-electron chi connectivity index (χ4n) is 3.40. The highest BCUT2D eigenvalue weighted by molar-refractivity contribution is 5.78. The van der Waals surface area contributed by atoms with Crippen LogP contribution in [0.1, 0.15) is 24.1 Å². The van der Waals surface area contributed by atoms with Crippen LogP contribution in [-0.2, 0) is 4.79 Å². The summed E-state index contributed by atoms with van der Waals surface area (Å²) in [6.07, 6.45) is 0. The maximum atomic E-state index is 13.0. The van der Waals surface area contributed by atoms with E-state index in [-0.39, 0.29) is 17.8 Å². The Morgan fingerprint density at radius 1 is 1.08 bits per heavy atom. The van der Waals surface area contributed by atoms with Crippen LogP contribution in [0.25, 0.3) is 0 Å². The maximum absolute atomic E-state index is 13.0. The Morgan fingerprint density at radius 3 is 2.38 bits per heavy atom. The summed E-state index contributed by atoms with van der Waals surface area (Å²) in [6, 6.07) is 14.9. The fraction of sp³-hybridized carbons (Fsp3) is 0.381. The van der Waals surface area contributed by atoms with Crippen molar-refractivity contribution in [3.8, 4) is 0 Å². The van der Waals surface area contributed by atoms with Crippen molar-refractivity contribution < 1.29 is 9.18 Å². The van der Waals surface area contributed by atoms with Gasteiger partial charge in [0.2, 0.25) is 5.91 Å². The van der Waals surface area contributed by atoms with E-state index in [1.165, 1.54) is 23.3 Å². The highest BCUT2D eigenvalue weighted by atomic mass is 19.1. The third-order valence-electron chi connectivity index (χ3n) is 5.04. The number of aryl methyl sites for hydroxylation is 1. The molecule has 0 saturated carbocycles. The summed E-state index contributed by atoms with van der Waals surface area (Å²) >= 11 is 0. The molecule has 1 N–H and O–H groups in total. The molecule has 1 aliphatic rings. The Kier molecular flexibility index (Phi) is 5.89. The Bertz CT molecular complexity index is 739. The van der Waals surface area contributed by atoms with E-state index >= 15 is 0 Å². The number of carbonyl (C=O) groups is 1. The topological polar surface area (TPSA) is 35.6 Å². The van der Waals surface area contributed by atoms with Gasteiger partial charge in [-0.25, -0.2) is 4.39 Å². The molecule has 4 nitrogen and oxygen atoms in total. The molecule has 1 aliphatic heterocycles. The van der Waals surface area contributed by atoms with E-state index in [9.17, 15) is 9.18 Å². The van der Waals surface area contributed by atoms with Crippen molar-refractivity contribution in [2.45, 2.75) is 19.9 Å². The third-order valence-corrected chi connectivity index (χ3v) is 5.04. The van der Waals surface area contributed by atoms with Gasteiger partial charge in [0.15, 0.2) is 0 Å². The number of benzene rings is 2. The van der Waals surface area contributed by atoms with Crippen LogP contribution >= 0.6 is 0 Å². The summed E-state index contributed by atoms with van der Waals surface area (Å²) in [5.74, 6) is -0.0967. The Labute approximate surface area is 154 Å². The van der Waals surface area contributed by atoms with Gasteiger partial charge in [-0.05, 0) is 49.2 Å². The average molecular weight is 355 g/mol. The lowest BCUT2D eigenvalue weighted by atomic mass is 10.0. The van der Waals surface area contributed by atoms with Crippen molar-refractivity contribution in [2.24, 2.45) is 0 Å². The Balaban J connectivity index is 1.48. The van der Waals surface area contributed by atoms with Crippen LogP contribution < -0.4 is 10.2 Å². The molecule has 0 radical (unpaired) electrons. The van der Waals surface area contributed by atoms with Crippen molar-refractivity contribution in [1.29, 1.82) is 0 Å². The predicted molar refractivity (Wildman–Crippen MR) is 103 cm³/mol. The molecule has 0 bridgehead atoms. The van der Waals surface area contributed by atoms with Crippen molar-refractivity contribution in [1.82, 2.24) is 10.2 Å². The van der Waals surface area contributed by atoms with Crippen LogP contribution in [0.15, 0.2) is 48.5 Å². The largest absolute Gasteiger partial charge is 0.368 e. The quantitative estimate of drug-likeness (QED) is 0.895. The summed E-state index contributed by atoms with van der Waals surface area (Å²) in [5, 5.41) is 3.34. The van der Waals surface area contributed by atoms with Crippen LogP contribution in [0.3, 0.4) is 0 Å². The summed E-state index contributed by atoms with van der Waals surface area (Å²) in [4.78, 5) is 16.6. The summed E-state index contributed by atoms with van der Waals surface area (Å²) in [7, 11) is 0. The number of rotatable bonds is 5. The first kappa shape index (κ1) is 18.4. The van der Waals surface area contributed by atoms with Gasteiger partial charge in [0.1, 0.15) is 5.82 Å². The highest BCUT2D eigenvalue weighted by Gasteiger charge is 2.21. The lowest BCUT2D eigenvalue weighted by molar-refractivity contribution is -0.130. The number of nitrogens with one attached hydrogen (secondary N) is 1. The smallest absolute Gasteiger partial charge is 0.236 e. The summed E-state index contributed by atoms with van der Waals surface area (Å²) < 4.78 is 13.0.